The summed E-state index contributed by atoms with van der Waals surface area (Å²) in [6, 6.07) is 17.4. The number of nitrogens with one attached hydrogen (secondary N) is 2. The number of carbonyl (C=O) groups is 1. The molecule has 110 valence electrons. The Labute approximate surface area is 127 Å². The normalized spacial score (nSPS) is 10.9. The number of aromatic nitrogens is 1. The highest BCUT2D eigenvalue weighted by molar-refractivity contribution is 5.99. The minimum absolute atomic E-state index is 0.218. The Bertz CT molecular complexity index is 794. The molecule has 5 heteroatoms. The second-order valence-electron chi connectivity index (χ2n) is 4.72. The molecule has 0 aliphatic rings. The first-order valence-corrected chi connectivity index (χ1v) is 6.89. The maximum absolute atomic E-state index is 11.6. The van der Waals surface area contributed by atoms with E-state index in [0.717, 1.165) is 22.0 Å². The van der Waals surface area contributed by atoms with E-state index in [-0.39, 0.29) is 6.61 Å². The molecule has 0 unspecified atom stereocenters. The second-order valence-corrected chi connectivity index (χ2v) is 4.72. The summed E-state index contributed by atoms with van der Waals surface area (Å²) in [7, 11) is 0. The lowest BCUT2D eigenvalue weighted by Gasteiger charge is -2.03. The van der Waals surface area contributed by atoms with Crippen molar-refractivity contribution in [1.29, 1.82) is 0 Å². The first-order valence-electron chi connectivity index (χ1n) is 6.89. The third-order valence-corrected chi connectivity index (χ3v) is 3.19. The molecule has 1 aromatic heterocycles. The average Bonchev–Trinajstić information content (AvgIpc) is 2.97. The first-order chi connectivity index (χ1) is 10.8. The van der Waals surface area contributed by atoms with Crippen LogP contribution in [0.2, 0.25) is 0 Å². The van der Waals surface area contributed by atoms with Crippen LogP contribution in [0.1, 0.15) is 11.1 Å². The zero-order valence-electron chi connectivity index (χ0n) is 11.8. The number of nitrogens with zero attached hydrogens (tertiary/aromatic N) is 1. The third kappa shape index (κ3) is 3.32. The molecular formula is C17H15N3O2. The number of para-hydroxylation sites is 1. The minimum atomic E-state index is -0.583. The largest absolute Gasteiger partial charge is 0.443 e. The highest BCUT2D eigenvalue weighted by Gasteiger charge is 2.02. The summed E-state index contributed by atoms with van der Waals surface area (Å²) in [5, 5.41) is 4.95. The summed E-state index contributed by atoms with van der Waals surface area (Å²) in [6.45, 7) is 0.218. The van der Waals surface area contributed by atoms with E-state index < -0.39 is 6.09 Å². The van der Waals surface area contributed by atoms with Crippen LogP contribution < -0.4 is 5.43 Å². The van der Waals surface area contributed by atoms with Gasteiger partial charge in [-0.25, -0.2) is 10.2 Å². The van der Waals surface area contributed by atoms with Gasteiger partial charge in [-0.15, -0.1) is 0 Å². The number of benzene rings is 2. The second kappa shape index (κ2) is 6.58. The Morgan fingerprint density at radius 3 is 2.77 bits per heavy atom. The molecule has 0 bridgehead atoms. The Balaban J connectivity index is 1.54. The quantitative estimate of drug-likeness (QED) is 0.571. The predicted octanol–water partition coefficient (Wildman–Crippen LogP) is 3.43. The van der Waals surface area contributed by atoms with E-state index >= 15 is 0 Å². The summed E-state index contributed by atoms with van der Waals surface area (Å²) in [6.07, 6.45) is 2.84. The molecule has 0 saturated carbocycles. The summed E-state index contributed by atoms with van der Waals surface area (Å²) in [5.41, 5.74) is 5.20. The zero-order valence-corrected chi connectivity index (χ0v) is 11.8. The van der Waals surface area contributed by atoms with E-state index in [4.69, 9.17) is 4.74 Å². The number of hydrogen-bond acceptors (Lipinski definition) is 3. The molecule has 22 heavy (non-hydrogen) atoms. The molecule has 0 aliphatic carbocycles. The maximum atomic E-state index is 11.6. The van der Waals surface area contributed by atoms with Gasteiger partial charge in [-0.2, -0.15) is 5.10 Å². The van der Waals surface area contributed by atoms with Gasteiger partial charge in [0.25, 0.3) is 0 Å². The molecule has 3 aromatic rings. The van der Waals surface area contributed by atoms with Crippen LogP contribution in [0.15, 0.2) is 65.9 Å². The maximum Gasteiger partial charge on any atom is 0.428 e. The van der Waals surface area contributed by atoms with Crippen molar-refractivity contribution in [3.63, 3.8) is 0 Å². The number of H-pyrrole nitrogens is 1. The molecule has 1 heterocycles. The van der Waals surface area contributed by atoms with Gasteiger partial charge >= 0.3 is 6.09 Å². The lowest BCUT2D eigenvalue weighted by atomic mass is 10.2. The van der Waals surface area contributed by atoms with Gasteiger partial charge < -0.3 is 9.72 Å². The van der Waals surface area contributed by atoms with Gasteiger partial charge in [-0.3, -0.25) is 0 Å². The summed E-state index contributed by atoms with van der Waals surface area (Å²) in [4.78, 5) is 14.7. The van der Waals surface area contributed by atoms with Gasteiger partial charge in [0.15, 0.2) is 0 Å². The lowest BCUT2D eigenvalue weighted by molar-refractivity contribution is 0.140. The monoisotopic (exact) mass is 293 g/mol. The number of ether oxygens (including phenoxy) is 1. The van der Waals surface area contributed by atoms with Crippen molar-refractivity contribution in [2.45, 2.75) is 6.61 Å². The topological polar surface area (TPSA) is 66.5 Å². The van der Waals surface area contributed by atoms with Gasteiger partial charge in [0.2, 0.25) is 0 Å². The van der Waals surface area contributed by atoms with E-state index in [0.29, 0.717) is 0 Å². The predicted molar refractivity (Wildman–Crippen MR) is 85.7 cm³/mol. The Morgan fingerprint density at radius 1 is 1.14 bits per heavy atom. The summed E-state index contributed by atoms with van der Waals surface area (Å²) in [5.74, 6) is 0. The van der Waals surface area contributed by atoms with E-state index in [1.807, 2.05) is 60.8 Å². The van der Waals surface area contributed by atoms with Crippen LogP contribution in [0.3, 0.4) is 0 Å². The molecule has 5 nitrogen and oxygen atoms in total. The van der Waals surface area contributed by atoms with Crippen molar-refractivity contribution in [1.82, 2.24) is 10.4 Å². The fraction of sp³-hybridized carbons (Fsp3) is 0.0588. The Morgan fingerprint density at radius 2 is 1.91 bits per heavy atom. The molecule has 0 saturated heterocycles. The zero-order chi connectivity index (χ0) is 15.2. The highest BCUT2D eigenvalue weighted by Crippen LogP contribution is 2.15. The fourth-order valence-electron chi connectivity index (χ4n) is 2.11. The van der Waals surface area contributed by atoms with Gasteiger partial charge in [0, 0.05) is 22.7 Å². The average molecular weight is 293 g/mol. The number of hydrazone groups is 1. The van der Waals surface area contributed by atoms with E-state index in [1.165, 1.54) is 0 Å². The van der Waals surface area contributed by atoms with Crippen LogP contribution in [0.25, 0.3) is 10.9 Å². The van der Waals surface area contributed by atoms with E-state index in [1.54, 1.807) is 6.21 Å². The molecule has 0 fully saturated rings. The van der Waals surface area contributed by atoms with Gasteiger partial charge in [-0.05, 0) is 11.6 Å². The van der Waals surface area contributed by atoms with Gasteiger partial charge in [0.1, 0.15) is 6.61 Å². The van der Waals surface area contributed by atoms with Gasteiger partial charge in [-0.1, -0.05) is 48.5 Å². The Kier molecular flexibility index (Phi) is 4.15. The molecular weight excluding hydrogens is 278 g/mol. The third-order valence-electron chi connectivity index (χ3n) is 3.19. The smallest absolute Gasteiger partial charge is 0.428 e. The number of aromatic amines is 1. The number of fused-ring (bicyclic) bond motifs is 1. The Hall–Kier alpha value is -3.08. The number of carbonyl (C=O) groups excluding carboxylic acids is 1. The van der Waals surface area contributed by atoms with E-state index in [9.17, 15) is 4.79 Å². The SMILES string of the molecule is O=C(NN=Cc1c[nH]c2ccccc12)OCc1ccccc1. The number of amides is 1. The first kappa shape index (κ1) is 13.9. The van der Waals surface area contributed by atoms with Crippen LogP contribution in [-0.2, 0) is 11.3 Å². The van der Waals surface area contributed by atoms with Crippen LogP contribution in [0, 0.1) is 0 Å². The molecule has 0 atom stereocenters. The van der Waals surface area contributed by atoms with Crippen molar-refractivity contribution >= 4 is 23.2 Å². The van der Waals surface area contributed by atoms with Crippen LogP contribution >= 0.6 is 0 Å². The van der Waals surface area contributed by atoms with Crippen LogP contribution in [-0.4, -0.2) is 17.3 Å². The number of rotatable bonds is 4. The standard InChI is InChI=1S/C17H15N3O2/c21-17(22-12-13-6-2-1-3-7-13)20-19-11-14-10-18-16-9-5-4-8-15(14)16/h1-11,18H,12H2,(H,20,21). The summed E-state index contributed by atoms with van der Waals surface area (Å²) < 4.78 is 5.06. The fourth-order valence-corrected chi connectivity index (χ4v) is 2.11. The molecule has 2 aromatic carbocycles. The highest BCUT2D eigenvalue weighted by atomic mass is 16.5. The van der Waals surface area contributed by atoms with Crippen molar-refractivity contribution in [2.24, 2.45) is 5.10 Å². The molecule has 0 aliphatic heterocycles. The van der Waals surface area contributed by atoms with Gasteiger partial charge in [0.05, 0.1) is 6.21 Å². The summed E-state index contributed by atoms with van der Waals surface area (Å²) >= 11 is 0. The van der Waals surface area contributed by atoms with Crippen LogP contribution in [0.5, 0.6) is 0 Å². The molecule has 0 spiro atoms. The minimum Gasteiger partial charge on any atom is -0.443 e. The molecule has 0 radical (unpaired) electrons. The van der Waals surface area contributed by atoms with Crippen LogP contribution in [0.4, 0.5) is 4.79 Å². The molecule has 1 amide bonds. The van der Waals surface area contributed by atoms with Crippen molar-refractivity contribution < 1.29 is 9.53 Å². The van der Waals surface area contributed by atoms with Crippen molar-refractivity contribution in [3.05, 3.63) is 71.9 Å². The van der Waals surface area contributed by atoms with Crippen molar-refractivity contribution in [2.75, 3.05) is 0 Å². The number of hydrogen-bond donors (Lipinski definition) is 2. The lowest BCUT2D eigenvalue weighted by Crippen LogP contribution is -2.18. The molecule has 2 N–H and O–H groups in total. The molecule has 3 rings (SSSR count). The van der Waals surface area contributed by atoms with E-state index in [2.05, 4.69) is 15.5 Å². The van der Waals surface area contributed by atoms with Crippen molar-refractivity contribution in [3.8, 4) is 0 Å².